The summed E-state index contributed by atoms with van der Waals surface area (Å²) in [6.45, 7) is 42.3. The molecule has 6 aromatic heterocycles. The molecule has 0 aliphatic heterocycles. The summed E-state index contributed by atoms with van der Waals surface area (Å²) >= 11 is 1.83. The predicted octanol–water partition coefficient (Wildman–Crippen LogP) is 16.3. The Hall–Kier alpha value is -3.90. The third kappa shape index (κ3) is 16.8. The SMILES string of the molecule is C.CC1CCCC1C.Cc1cn(C)c(C)c1C.Cc1cn(C)c(C)c1C.Cc1coc(C)c1C.Cc1coc(C)c1C.Cc1coc(C)c1C.Cc1csc(C)c1C. The second kappa shape index (κ2) is 25.6. The van der Waals surface area contributed by atoms with Gasteiger partial charge in [-0.25, -0.2) is 0 Å². The van der Waals surface area contributed by atoms with E-state index >= 15 is 0 Å². The Bertz CT molecular complexity index is 1710. The number of hydrogen-bond acceptors (Lipinski definition) is 4. The maximum atomic E-state index is 5.09. The average molecular weight is 817 g/mol. The summed E-state index contributed by atoms with van der Waals surface area (Å²) in [4.78, 5) is 1.45. The quantitative estimate of drug-likeness (QED) is 0.153. The Morgan fingerprint density at radius 2 is 0.759 bits per heavy atom. The molecule has 326 valence electrons. The van der Waals surface area contributed by atoms with Crippen molar-refractivity contribution in [3.8, 4) is 0 Å². The third-order valence-corrected chi connectivity index (χ3v) is 13.7. The van der Waals surface area contributed by atoms with Crippen LogP contribution in [0.2, 0.25) is 0 Å². The summed E-state index contributed by atoms with van der Waals surface area (Å²) in [5.41, 5.74) is 18.7. The predicted molar refractivity (Wildman–Crippen MR) is 255 cm³/mol. The van der Waals surface area contributed by atoms with Crippen LogP contribution in [0.15, 0.2) is 49.8 Å². The van der Waals surface area contributed by atoms with E-state index in [0.29, 0.717) is 0 Å². The molecule has 2 unspecified atom stereocenters. The van der Waals surface area contributed by atoms with Crippen LogP contribution in [0.4, 0.5) is 0 Å². The van der Waals surface area contributed by atoms with Crippen molar-refractivity contribution in [3.63, 3.8) is 0 Å². The van der Waals surface area contributed by atoms with E-state index in [2.05, 4.69) is 138 Å². The van der Waals surface area contributed by atoms with Gasteiger partial charge in [-0.05, 0) is 209 Å². The largest absolute Gasteiger partial charge is 0.469 e. The number of aryl methyl sites for hydroxylation is 12. The van der Waals surface area contributed by atoms with E-state index in [1.807, 2.05) is 52.9 Å². The summed E-state index contributed by atoms with van der Waals surface area (Å²) in [7, 11) is 4.16. The van der Waals surface area contributed by atoms with Crippen molar-refractivity contribution >= 4 is 11.3 Å². The first-order chi connectivity index (χ1) is 26.4. The van der Waals surface area contributed by atoms with Gasteiger partial charge < -0.3 is 22.4 Å². The number of aromatic nitrogens is 2. The molecule has 6 aromatic rings. The van der Waals surface area contributed by atoms with E-state index in [9.17, 15) is 0 Å². The van der Waals surface area contributed by atoms with Gasteiger partial charge in [0.2, 0.25) is 0 Å². The van der Waals surface area contributed by atoms with Gasteiger partial charge in [0.05, 0.1) is 18.8 Å². The summed E-state index contributed by atoms with van der Waals surface area (Å²) < 4.78 is 19.6. The van der Waals surface area contributed by atoms with Gasteiger partial charge >= 0.3 is 0 Å². The number of furan rings is 3. The fourth-order valence-corrected chi connectivity index (χ4v) is 6.79. The van der Waals surface area contributed by atoms with E-state index in [1.165, 1.54) is 102 Å². The molecule has 6 heteroatoms. The van der Waals surface area contributed by atoms with Gasteiger partial charge in [-0.15, -0.1) is 11.3 Å². The summed E-state index contributed by atoms with van der Waals surface area (Å²) in [5, 5.41) is 2.20. The number of nitrogens with zero attached hydrogens (tertiary/aromatic N) is 2. The first-order valence-corrected chi connectivity index (χ1v) is 21.5. The average Bonchev–Trinajstić information content (AvgIpc) is 4.02. The van der Waals surface area contributed by atoms with Crippen LogP contribution in [0.1, 0.15) is 141 Å². The fraction of sp³-hybridized carbons (Fsp3) is 0.538. The summed E-state index contributed by atoms with van der Waals surface area (Å²) in [6, 6.07) is 0. The molecule has 5 nitrogen and oxygen atoms in total. The Labute approximate surface area is 360 Å². The van der Waals surface area contributed by atoms with Crippen molar-refractivity contribution in [1.29, 1.82) is 0 Å². The lowest BCUT2D eigenvalue weighted by Crippen LogP contribution is -1.95. The lowest BCUT2D eigenvalue weighted by Gasteiger charge is -2.05. The Morgan fingerprint density at radius 3 is 0.828 bits per heavy atom. The standard InChI is InChI=1S/2C8H13N.3C7H10O.C7H10S.C7H14.CH4/c2*1-6-5-9(4)8(3)7(6)2;4*1-5-4-8-7(3)6(5)2;1-6-4-3-5-7(6)2;/h2*5H,1-4H3;4*4H,1-3H3;6-7H,3-5H2,1-2H3;1H4. The van der Waals surface area contributed by atoms with Gasteiger partial charge in [0, 0.05) is 42.8 Å². The van der Waals surface area contributed by atoms with Crippen molar-refractivity contribution in [2.24, 2.45) is 25.9 Å². The lowest BCUT2D eigenvalue weighted by atomic mass is 10.0. The van der Waals surface area contributed by atoms with E-state index in [1.54, 1.807) is 18.8 Å². The van der Waals surface area contributed by atoms with Crippen molar-refractivity contribution in [2.75, 3.05) is 0 Å². The molecule has 0 spiro atoms. The van der Waals surface area contributed by atoms with E-state index in [0.717, 1.165) is 29.1 Å². The Kier molecular flexibility index (Phi) is 23.8. The van der Waals surface area contributed by atoms with Crippen LogP contribution in [0.3, 0.4) is 0 Å². The van der Waals surface area contributed by atoms with Crippen LogP contribution >= 0.6 is 11.3 Å². The minimum absolute atomic E-state index is 0. The highest BCUT2D eigenvalue weighted by atomic mass is 32.1. The molecule has 0 bridgehead atoms. The highest BCUT2D eigenvalue weighted by Gasteiger charge is 2.17. The molecule has 7 rings (SSSR count). The second-order valence-electron chi connectivity index (χ2n) is 16.6. The molecule has 1 fully saturated rings. The van der Waals surface area contributed by atoms with Gasteiger partial charge in [-0.1, -0.05) is 40.5 Å². The highest BCUT2D eigenvalue weighted by molar-refractivity contribution is 7.10. The maximum absolute atomic E-state index is 5.09. The number of hydrogen-bond donors (Lipinski definition) is 0. The van der Waals surface area contributed by atoms with Crippen molar-refractivity contribution in [3.05, 3.63) is 137 Å². The smallest absolute Gasteiger partial charge is 0.103 e. The molecule has 0 amide bonds. The second-order valence-corrected chi connectivity index (χ2v) is 17.6. The minimum atomic E-state index is 0. The minimum Gasteiger partial charge on any atom is -0.469 e. The van der Waals surface area contributed by atoms with Crippen LogP contribution in [0, 0.1) is 136 Å². The monoisotopic (exact) mass is 817 g/mol. The van der Waals surface area contributed by atoms with Crippen LogP contribution in [-0.2, 0) is 14.1 Å². The fourth-order valence-electron chi connectivity index (χ4n) is 5.92. The van der Waals surface area contributed by atoms with Crippen LogP contribution in [-0.4, -0.2) is 9.13 Å². The molecule has 58 heavy (non-hydrogen) atoms. The number of thiophene rings is 1. The normalized spacial score (nSPS) is 13.7. The molecule has 1 saturated carbocycles. The zero-order chi connectivity index (χ0) is 43.9. The van der Waals surface area contributed by atoms with Gasteiger partial charge in [0.1, 0.15) is 17.3 Å². The van der Waals surface area contributed by atoms with E-state index in [-0.39, 0.29) is 7.43 Å². The van der Waals surface area contributed by atoms with Gasteiger partial charge in [0.15, 0.2) is 0 Å². The van der Waals surface area contributed by atoms with Crippen molar-refractivity contribution in [1.82, 2.24) is 9.13 Å². The number of rotatable bonds is 0. The molecular formula is C52H84N2O3S. The first-order valence-electron chi connectivity index (χ1n) is 20.7. The molecule has 0 N–H and O–H groups in total. The molecule has 0 saturated heterocycles. The first kappa shape index (κ1) is 54.1. The molecule has 1 aliphatic carbocycles. The molecule has 2 atom stereocenters. The summed E-state index contributed by atoms with van der Waals surface area (Å²) in [6.07, 6.45) is 14.1. The Balaban J connectivity index is 0.000000652. The van der Waals surface area contributed by atoms with E-state index in [4.69, 9.17) is 13.3 Å². The topological polar surface area (TPSA) is 49.3 Å². The molecule has 1 aliphatic rings. The van der Waals surface area contributed by atoms with Gasteiger partial charge in [-0.2, -0.15) is 0 Å². The zero-order valence-electron chi connectivity index (χ0n) is 40.3. The summed E-state index contributed by atoms with van der Waals surface area (Å²) in [5.74, 6) is 5.12. The van der Waals surface area contributed by atoms with Gasteiger partial charge in [-0.3, -0.25) is 0 Å². The zero-order valence-corrected chi connectivity index (χ0v) is 41.1. The maximum Gasteiger partial charge on any atom is 0.103 e. The van der Waals surface area contributed by atoms with Crippen molar-refractivity contribution < 1.29 is 13.3 Å². The van der Waals surface area contributed by atoms with Gasteiger partial charge in [0.25, 0.3) is 0 Å². The Morgan fingerprint density at radius 1 is 0.448 bits per heavy atom. The third-order valence-electron chi connectivity index (χ3n) is 12.5. The molecular weight excluding hydrogens is 733 g/mol. The van der Waals surface area contributed by atoms with Crippen LogP contribution in [0.25, 0.3) is 0 Å². The lowest BCUT2D eigenvalue weighted by molar-refractivity contribution is 0.457. The van der Waals surface area contributed by atoms with Crippen LogP contribution < -0.4 is 0 Å². The highest BCUT2D eigenvalue weighted by Crippen LogP contribution is 2.30. The van der Waals surface area contributed by atoms with E-state index < -0.39 is 0 Å². The molecule has 0 radical (unpaired) electrons. The van der Waals surface area contributed by atoms with Crippen molar-refractivity contribution in [2.45, 2.75) is 165 Å². The molecule has 0 aromatic carbocycles. The molecule has 6 heterocycles. The van der Waals surface area contributed by atoms with Crippen LogP contribution in [0.5, 0.6) is 0 Å².